The Kier molecular flexibility index (Phi) is 6.98. The van der Waals surface area contributed by atoms with E-state index in [1.807, 2.05) is 70.2 Å². The maximum Gasteiger partial charge on any atom is 0.295 e. The predicted octanol–water partition coefficient (Wildman–Crippen LogP) is 6.96. The van der Waals surface area contributed by atoms with E-state index in [2.05, 4.69) is 25.6 Å². The minimum absolute atomic E-state index is 0. The molecule has 0 unspecified atom stereocenters. The van der Waals surface area contributed by atoms with Gasteiger partial charge in [0.2, 0.25) is 0 Å². The second kappa shape index (κ2) is 9.23. The van der Waals surface area contributed by atoms with Crippen molar-refractivity contribution in [3.05, 3.63) is 70.6 Å². The zero-order valence-electron chi connectivity index (χ0n) is 16.5. The summed E-state index contributed by atoms with van der Waals surface area (Å²) in [5.74, 6) is 0. The summed E-state index contributed by atoms with van der Waals surface area (Å²) in [6.45, 7) is 7.87. The van der Waals surface area contributed by atoms with Crippen LogP contribution in [0.1, 0.15) is 40.8 Å². The molecule has 0 saturated carbocycles. The first kappa shape index (κ1) is 21.9. The molecular formula is C22H28N6O. The molecule has 7 nitrogen and oxygen atoms in total. The fourth-order valence-electron chi connectivity index (χ4n) is 2.60. The Hall–Kier alpha value is -3.35. The van der Waals surface area contributed by atoms with Crippen LogP contribution in [0.15, 0.2) is 79.8 Å². The summed E-state index contributed by atoms with van der Waals surface area (Å²) in [7, 11) is 0. The lowest BCUT2D eigenvalue weighted by Crippen LogP contribution is -2.32. The molecule has 0 atom stereocenters. The molecule has 0 saturated heterocycles. The summed E-state index contributed by atoms with van der Waals surface area (Å²) in [5.41, 5.74) is 2.77. The summed E-state index contributed by atoms with van der Waals surface area (Å²) in [6.07, 6.45) is 0.672. The largest absolute Gasteiger partial charge is 0.297 e. The normalized spacial score (nSPS) is 11.9. The summed E-state index contributed by atoms with van der Waals surface area (Å²) >= 11 is 0. The van der Waals surface area contributed by atoms with Crippen molar-refractivity contribution in [1.29, 1.82) is 0 Å². The number of rotatable bonds is 5. The van der Waals surface area contributed by atoms with Crippen LogP contribution in [0.4, 0.5) is 22.7 Å². The van der Waals surface area contributed by atoms with Gasteiger partial charge >= 0.3 is 0 Å². The molecule has 1 aromatic heterocycles. The van der Waals surface area contributed by atoms with Crippen LogP contribution < -0.4 is 5.56 Å². The third-order valence-electron chi connectivity index (χ3n) is 4.11. The minimum Gasteiger partial charge on any atom is -0.297 e. The number of nitrogens with zero attached hydrogens (tertiary/aromatic N) is 5. The number of nitrogens with one attached hydrogen (secondary N) is 1. The number of H-pyrrole nitrogens is 1. The van der Waals surface area contributed by atoms with Gasteiger partial charge in [-0.25, -0.2) is 4.68 Å². The number of benzene rings is 2. The number of azo groups is 2. The summed E-state index contributed by atoms with van der Waals surface area (Å²) < 4.78 is 1.59. The van der Waals surface area contributed by atoms with E-state index in [0.717, 1.165) is 11.4 Å². The fourth-order valence-corrected chi connectivity index (χ4v) is 2.60. The van der Waals surface area contributed by atoms with Crippen LogP contribution in [0.2, 0.25) is 0 Å². The molecule has 1 heterocycles. The van der Waals surface area contributed by atoms with E-state index in [4.69, 9.17) is 0 Å². The third kappa shape index (κ3) is 5.34. The van der Waals surface area contributed by atoms with Crippen LogP contribution >= 0.6 is 0 Å². The zero-order valence-corrected chi connectivity index (χ0v) is 16.5. The fraction of sp³-hybridized carbons (Fsp3) is 0.318. The highest BCUT2D eigenvalue weighted by Crippen LogP contribution is 2.24. The van der Waals surface area contributed by atoms with Gasteiger partial charge in [0.25, 0.3) is 5.56 Å². The Morgan fingerprint density at radius 1 is 0.828 bits per heavy atom. The Morgan fingerprint density at radius 3 is 1.79 bits per heavy atom. The van der Waals surface area contributed by atoms with E-state index < -0.39 is 0 Å². The Balaban J connectivity index is 0.00000300. The SMILES string of the molecule is C.CCc1[nH]n(C(C)(C)C)c(=O)c1N=Nc1ccc(N=Nc2ccccc2)cc1. The molecule has 0 bridgehead atoms. The van der Waals surface area contributed by atoms with Crippen LogP contribution in [0.5, 0.6) is 0 Å². The minimum atomic E-state index is -0.347. The number of hydrogen-bond donors (Lipinski definition) is 1. The molecular weight excluding hydrogens is 364 g/mol. The predicted molar refractivity (Wildman–Crippen MR) is 117 cm³/mol. The van der Waals surface area contributed by atoms with Crippen LogP contribution in [0.3, 0.4) is 0 Å². The van der Waals surface area contributed by atoms with Crippen molar-refractivity contribution in [3.63, 3.8) is 0 Å². The molecule has 0 spiro atoms. The van der Waals surface area contributed by atoms with E-state index in [1.165, 1.54) is 0 Å². The van der Waals surface area contributed by atoms with Gasteiger partial charge in [-0.05, 0) is 63.6 Å². The van der Waals surface area contributed by atoms with Gasteiger partial charge in [-0.2, -0.15) is 15.3 Å². The van der Waals surface area contributed by atoms with Crippen molar-refractivity contribution in [2.75, 3.05) is 0 Å². The van der Waals surface area contributed by atoms with Crippen LogP contribution in [0.25, 0.3) is 0 Å². The molecule has 1 N–H and O–H groups in total. The van der Waals surface area contributed by atoms with E-state index in [9.17, 15) is 4.79 Å². The Morgan fingerprint density at radius 2 is 1.31 bits per heavy atom. The Bertz CT molecular complexity index is 1040. The lowest BCUT2D eigenvalue weighted by atomic mass is 10.1. The van der Waals surface area contributed by atoms with Crippen molar-refractivity contribution in [3.8, 4) is 0 Å². The maximum atomic E-state index is 12.6. The second-order valence-corrected chi connectivity index (χ2v) is 7.36. The molecule has 29 heavy (non-hydrogen) atoms. The van der Waals surface area contributed by atoms with E-state index in [-0.39, 0.29) is 18.5 Å². The first-order chi connectivity index (χ1) is 13.4. The highest BCUT2D eigenvalue weighted by molar-refractivity contribution is 5.48. The van der Waals surface area contributed by atoms with Crippen molar-refractivity contribution < 1.29 is 0 Å². The van der Waals surface area contributed by atoms with E-state index >= 15 is 0 Å². The highest BCUT2D eigenvalue weighted by atomic mass is 16.1. The molecule has 3 aromatic rings. The maximum absolute atomic E-state index is 12.6. The van der Waals surface area contributed by atoms with Crippen molar-refractivity contribution in [2.24, 2.45) is 20.5 Å². The second-order valence-electron chi connectivity index (χ2n) is 7.36. The van der Waals surface area contributed by atoms with Gasteiger partial charge < -0.3 is 0 Å². The van der Waals surface area contributed by atoms with Crippen LogP contribution in [0, 0.1) is 0 Å². The van der Waals surface area contributed by atoms with E-state index in [0.29, 0.717) is 23.5 Å². The first-order valence-electron chi connectivity index (χ1n) is 9.21. The molecule has 0 amide bonds. The molecule has 3 rings (SSSR count). The lowest BCUT2D eigenvalue weighted by molar-refractivity contribution is 0.343. The van der Waals surface area contributed by atoms with Gasteiger partial charge in [-0.15, -0.1) is 5.11 Å². The summed E-state index contributed by atoms with van der Waals surface area (Å²) in [5, 5.41) is 20.0. The molecule has 152 valence electrons. The topological polar surface area (TPSA) is 87.2 Å². The molecule has 2 aromatic carbocycles. The van der Waals surface area contributed by atoms with Crippen LogP contribution in [-0.4, -0.2) is 9.78 Å². The van der Waals surface area contributed by atoms with Gasteiger partial charge in [0.1, 0.15) is 0 Å². The number of aromatic amines is 1. The zero-order chi connectivity index (χ0) is 20.1. The van der Waals surface area contributed by atoms with E-state index in [1.54, 1.807) is 16.8 Å². The standard InChI is InChI=1S/C21H24N6O.CH4/c1-5-18-19(20(28)27(26-18)21(2,3)4)25-24-17-13-11-16(12-14-17)23-22-15-9-7-6-8-10-15;/h6-14,26H,5H2,1-4H3;1H4. The number of hydrogen-bond acceptors (Lipinski definition) is 5. The Labute approximate surface area is 171 Å². The number of aryl methyl sites for hydroxylation is 1. The van der Waals surface area contributed by atoms with Crippen LogP contribution in [-0.2, 0) is 12.0 Å². The smallest absolute Gasteiger partial charge is 0.295 e. The monoisotopic (exact) mass is 392 g/mol. The number of aromatic nitrogens is 2. The molecule has 0 aliphatic carbocycles. The van der Waals surface area contributed by atoms with Gasteiger partial charge in [-0.1, -0.05) is 32.5 Å². The quantitative estimate of drug-likeness (QED) is 0.467. The lowest BCUT2D eigenvalue weighted by Gasteiger charge is -2.18. The van der Waals surface area contributed by atoms with Gasteiger partial charge in [-0.3, -0.25) is 9.89 Å². The first-order valence-corrected chi connectivity index (χ1v) is 9.21. The van der Waals surface area contributed by atoms with Gasteiger partial charge in [0.15, 0.2) is 5.69 Å². The van der Waals surface area contributed by atoms with Gasteiger partial charge in [0.05, 0.1) is 28.3 Å². The van der Waals surface area contributed by atoms with Crippen molar-refractivity contribution in [2.45, 2.75) is 47.1 Å². The van der Waals surface area contributed by atoms with Gasteiger partial charge in [0, 0.05) is 0 Å². The summed E-state index contributed by atoms with van der Waals surface area (Å²) in [6, 6.07) is 16.7. The highest BCUT2D eigenvalue weighted by Gasteiger charge is 2.21. The summed E-state index contributed by atoms with van der Waals surface area (Å²) in [4.78, 5) is 12.6. The molecule has 7 heteroatoms. The average Bonchev–Trinajstić information content (AvgIpc) is 3.02. The molecule has 0 radical (unpaired) electrons. The molecule has 0 fully saturated rings. The third-order valence-corrected chi connectivity index (χ3v) is 4.11. The van der Waals surface area contributed by atoms with Crippen molar-refractivity contribution in [1.82, 2.24) is 9.78 Å². The molecule has 0 aliphatic heterocycles. The molecule has 0 aliphatic rings. The van der Waals surface area contributed by atoms with Crippen molar-refractivity contribution >= 4 is 22.7 Å². The average molecular weight is 393 g/mol.